The Morgan fingerprint density at radius 2 is 1.94 bits per heavy atom. The van der Waals surface area contributed by atoms with Crippen LogP contribution in [-0.2, 0) is 9.59 Å². The topological polar surface area (TPSA) is 101 Å². The standard InChI is InChI=1S/C11H24N4O2/c1-4-5-6-15(7-9(12)16)8-11(2,3)10(17)14-13/h4-8,13H2,1-3H3,(H2,12,16)(H,14,17). The van der Waals surface area contributed by atoms with Gasteiger partial charge in [-0.3, -0.25) is 19.9 Å². The molecule has 0 bridgehead atoms. The fraction of sp³-hybridized carbons (Fsp3) is 0.818. The molecular formula is C11H24N4O2. The molecule has 0 saturated heterocycles. The Hall–Kier alpha value is -1.14. The highest BCUT2D eigenvalue weighted by molar-refractivity contribution is 5.81. The number of carbonyl (C=O) groups excluding carboxylic acids is 2. The second kappa shape index (κ2) is 7.24. The molecule has 0 unspecified atom stereocenters. The molecule has 2 amide bonds. The fourth-order valence-corrected chi connectivity index (χ4v) is 1.64. The summed E-state index contributed by atoms with van der Waals surface area (Å²) in [6.45, 7) is 7.02. The summed E-state index contributed by atoms with van der Waals surface area (Å²) in [6.07, 6.45) is 1.99. The summed E-state index contributed by atoms with van der Waals surface area (Å²) >= 11 is 0. The minimum Gasteiger partial charge on any atom is -0.369 e. The van der Waals surface area contributed by atoms with Crippen molar-refractivity contribution in [1.29, 1.82) is 0 Å². The van der Waals surface area contributed by atoms with Crippen molar-refractivity contribution in [3.8, 4) is 0 Å². The van der Waals surface area contributed by atoms with Crippen molar-refractivity contribution in [2.75, 3.05) is 19.6 Å². The number of nitrogens with one attached hydrogen (secondary N) is 1. The van der Waals surface area contributed by atoms with Crippen molar-refractivity contribution in [1.82, 2.24) is 10.3 Å². The maximum absolute atomic E-state index is 11.5. The maximum Gasteiger partial charge on any atom is 0.240 e. The van der Waals surface area contributed by atoms with E-state index in [4.69, 9.17) is 11.6 Å². The summed E-state index contributed by atoms with van der Waals surface area (Å²) in [4.78, 5) is 24.4. The van der Waals surface area contributed by atoms with Crippen LogP contribution >= 0.6 is 0 Å². The number of nitrogens with zero attached hydrogens (tertiary/aromatic N) is 1. The lowest BCUT2D eigenvalue weighted by atomic mass is 9.91. The van der Waals surface area contributed by atoms with Crippen molar-refractivity contribution in [3.63, 3.8) is 0 Å². The van der Waals surface area contributed by atoms with Crippen LogP contribution in [0.15, 0.2) is 0 Å². The molecule has 0 saturated carbocycles. The van der Waals surface area contributed by atoms with E-state index in [1.165, 1.54) is 0 Å². The fourth-order valence-electron chi connectivity index (χ4n) is 1.64. The second-order valence-corrected chi connectivity index (χ2v) is 4.89. The van der Waals surface area contributed by atoms with E-state index < -0.39 is 5.41 Å². The smallest absolute Gasteiger partial charge is 0.240 e. The number of primary amides is 1. The average Bonchev–Trinajstić information content (AvgIpc) is 2.23. The van der Waals surface area contributed by atoms with E-state index in [1.54, 1.807) is 13.8 Å². The van der Waals surface area contributed by atoms with E-state index in [-0.39, 0.29) is 18.4 Å². The van der Waals surface area contributed by atoms with Crippen LogP contribution in [0.1, 0.15) is 33.6 Å². The summed E-state index contributed by atoms with van der Waals surface area (Å²) in [6, 6.07) is 0. The summed E-state index contributed by atoms with van der Waals surface area (Å²) in [5, 5.41) is 0. The molecule has 6 heteroatoms. The lowest BCUT2D eigenvalue weighted by molar-refractivity contribution is -0.131. The van der Waals surface area contributed by atoms with Crippen LogP contribution < -0.4 is 17.0 Å². The Morgan fingerprint density at radius 3 is 2.35 bits per heavy atom. The minimum atomic E-state index is -0.641. The molecule has 100 valence electrons. The molecule has 0 aromatic heterocycles. The number of unbranched alkanes of at least 4 members (excludes halogenated alkanes) is 1. The van der Waals surface area contributed by atoms with E-state index >= 15 is 0 Å². The van der Waals surface area contributed by atoms with Crippen molar-refractivity contribution in [2.45, 2.75) is 33.6 Å². The quantitative estimate of drug-likeness (QED) is 0.307. The van der Waals surface area contributed by atoms with Crippen LogP contribution in [0.5, 0.6) is 0 Å². The van der Waals surface area contributed by atoms with E-state index in [1.807, 2.05) is 4.90 Å². The number of rotatable bonds is 8. The Bertz CT molecular complexity index is 266. The predicted octanol–water partition coefficient (Wildman–Crippen LogP) is -0.410. The number of amides is 2. The molecule has 17 heavy (non-hydrogen) atoms. The van der Waals surface area contributed by atoms with Gasteiger partial charge in [-0.25, -0.2) is 5.84 Å². The lowest BCUT2D eigenvalue weighted by Gasteiger charge is -2.30. The third kappa shape index (κ3) is 6.23. The Kier molecular flexibility index (Phi) is 6.75. The van der Waals surface area contributed by atoms with Crippen LogP contribution in [0.2, 0.25) is 0 Å². The van der Waals surface area contributed by atoms with Crippen LogP contribution in [0, 0.1) is 5.41 Å². The van der Waals surface area contributed by atoms with Crippen molar-refractivity contribution in [3.05, 3.63) is 0 Å². The first kappa shape index (κ1) is 15.9. The van der Waals surface area contributed by atoms with Gasteiger partial charge in [0.1, 0.15) is 0 Å². The zero-order valence-electron chi connectivity index (χ0n) is 11.0. The van der Waals surface area contributed by atoms with E-state index in [9.17, 15) is 9.59 Å². The Morgan fingerprint density at radius 1 is 1.35 bits per heavy atom. The van der Waals surface area contributed by atoms with Gasteiger partial charge in [-0.15, -0.1) is 0 Å². The number of hydrazine groups is 1. The highest BCUT2D eigenvalue weighted by Gasteiger charge is 2.29. The molecule has 0 aliphatic rings. The van der Waals surface area contributed by atoms with Crippen LogP contribution in [0.3, 0.4) is 0 Å². The van der Waals surface area contributed by atoms with Gasteiger partial charge in [0, 0.05) is 6.54 Å². The van der Waals surface area contributed by atoms with E-state index in [0.29, 0.717) is 6.54 Å². The molecule has 0 heterocycles. The van der Waals surface area contributed by atoms with Gasteiger partial charge in [0.15, 0.2) is 0 Å². The summed E-state index contributed by atoms with van der Waals surface area (Å²) in [5.41, 5.74) is 6.68. The summed E-state index contributed by atoms with van der Waals surface area (Å²) in [5.74, 6) is 4.49. The molecule has 0 aliphatic heterocycles. The average molecular weight is 244 g/mol. The molecule has 0 aliphatic carbocycles. The third-order valence-electron chi connectivity index (χ3n) is 2.57. The number of carbonyl (C=O) groups is 2. The Balaban J connectivity index is 4.49. The molecule has 0 spiro atoms. The molecular weight excluding hydrogens is 220 g/mol. The van der Waals surface area contributed by atoms with Crippen LogP contribution in [-0.4, -0.2) is 36.3 Å². The SMILES string of the molecule is CCCCN(CC(N)=O)CC(C)(C)C(=O)NN. The van der Waals surface area contributed by atoms with Crippen molar-refractivity contribution in [2.24, 2.45) is 17.0 Å². The van der Waals surface area contributed by atoms with E-state index in [0.717, 1.165) is 19.4 Å². The van der Waals surface area contributed by atoms with Crippen molar-refractivity contribution < 1.29 is 9.59 Å². The van der Waals surface area contributed by atoms with Crippen molar-refractivity contribution >= 4 is 11.8 Å². The van der Waals surface area contributed by atoms with E-state index in [2.05, 4.69) is 12.3 Å². The number of hydrogen-bond donors (Lipinski definition) is 3. The van der Waals surface area contributed by atoms with Gasteiger partial charge < -0.3 is 5.73 Å². The molecule has 5 N–H and O–H groups in total. The first-order chi connectivity index (χ1) is 7.83. The normalized spacial score (nSPS) is 11.6. The molecule has 0 atom stereocenters. The highest BCUT2D eigenvalue weighted by Crippen LogP contribution is 2.17. The molecule has 0 radical (unpaired) electrons. The van der Waals surface area contributed by atoms with Crippen LogP contribution in [0.25, 0.3) is 0 Å². The third-order valence-corrected chi connectivity index (χ3v) is 2.57. The first-order valence-corrected chi connectivity index (χ1v) is 5.85. The summed E-state index contributed by atoms with van der Waals surface area (Å²) < 4.78 is 0. The number of nitrogens with two attached hydrogens (primary N) is 2. The largest absolute Gasteiger partial charge is 0.369 e. The van der Waals surface area contributed by atoms with Crippen LogP contribution in [0.4, 0.5) is 0 Å². The Labute approximate surface area is 103 Å². The van der Waals surface area contributed by atoms with Gasteiger partial charge >= 0.3 is 0 Å². The number of hydrogen-bond acceptors (Lipinski definition) is 4. The molecule has 0 aromatic carbocycles. The lowest BCUT2D eigenvalue weighted by Crippen LogP contribution is -2.49. The minimum absolute atomic E-state index is 0.168. The zero-order chi connectivity index (χ0) is 13.5. The molecule has 6 nitrogen and oxygen atoms in total. The van der Waals surface area contributed by atoms with Gasteiger partial charge in [0.2, 0.25) is 11.8 Å². The van der Waals surface area contributed by atoms with Gasteiger partial charge in [0.05, 0.1) is 12.0 Å². The van der Waals surface area contributed by atoms with Gasteiger partial charge in [-0.1, -0.05) is 13.3 Å². The maximum atomic E-state index is 11.5. The summed E-state index contributed by atoms with van der Waals surface area (Å²) in [7, 11) is 0. The molecule has 0 fully saturated rings. The molecule has 0 rings (SSSR count). The van der Waals surface area contributed by atoms with Gasteiger partial charge in [-0.2, -0.15) is 0 Å². The monoisotopic (exact) mass is 244 g/mol. The highest BCUT2D eigenvalue weighted by atomic mass is 16.2. The molecule has 0 aromatic rings. The zero-order valence-corrected chi connectivity index (χ0v) is 11.0. The van der Waals surface area contributed by atoms with Gasteiger partial charge in [-0.05, 0) is 26.8 Å². The predicted molar refractivity (Wildman–Crippen MR) is 66.7 cm³/mol. The second-order valence-electron chi connectivity index (χ2n) is 4.89. The van der Waals surface area contributed by atoms with Gasteiger partial charge in [0.25, 0.3) is 0 Å². The first-order valence-electron chi connectivity index (χ1n) is 5.85.